The Morgan fingerprint density at radius 1 is 1.03 bits per heavy atom. The summed E-state index contributed by atoms with van der Waals surface area (Å²) in [7, 11) is -4.17. The van der Waals surface area contributed by atoms with Crippen LogP contribution in [0.1, 0.15) is 62.2 Å². The number of hydrogen-bond donors (Lipinski definition) is 1. The van der Waals surface area contributed by atoms with Crippen molar-refractivity contribution in [3.8, 4) is 17.1 Å². The van der Waals surface area contributed by atoms with Crippen LogP contribution in [0.5, 0.6) is 5.88 Å². The Balaban J connectivity index is 1.71. The average Bonchev–Trinajstić information content (AvgIpc) is 3.17. The average molecular weight is 524 g/mol. The Labute approximate surface area is 218 Å². The largest absolute Gasteiger partial charge is 0.475 e. The van der Waals surface area contributed by atoms with Crippen molar-refractivity contribution < 1.29 is 17.9 Å². The maximum atomic E-state index is 13.4. The van der Waals surface area contributed by atoms with Crippen LogP contribution >= 0.6 is 0 Å². The third kappa shape index (κ3) is 5.74. The molecule has 37 heavy (non-hydrogen) atoms. The van der Waals surface area contributed by atoms with Crippen molar-refractivity contribution in [2.45, 2.75) is 77.6 Å². The molecular weight excluding hydrogens is 490 g/mol. The van der Waals surface area contributed by atoms with Gasteiger partial charge in [-0.2, -0.15) is 8.42 Å². The monoisotopic (exact) mass is 523 g/mol. The van der Waals surface area contributed by atoms with E-state index in [-0.39, 0.29) is 28.8 Å². The third-order valence-corrected chi connectivity index (χ3v) is 7.76. The summed E-state index contributed by atoms with van der Waals surface area (Å²) in [6, 6.07) is 10.3. The zero-order valence-electron chi connectivity index (χ0n) is 22.0. The second-order valence-corrected chi connectivity index (χ2v) is 11.4. The highest BCUT2D eigenvalue weighted by molar-refractivity contribution is 7.90. The van der Waals surface area contributed by atoms with Crippen molar-refractivity contribution in [2.75, 3.05) is 4.90 Å². The normalized spacial score (nSPS) is 17.8. The molecule has 0 unspecified atom stereocenters. The lowest BCUT2D eigenvalue weighted by atomic mass is 10.1. The van der Waals surface area contributed by atoms with Crippen molar-refractivity contribution in [3.63, 3.8) is 0 Å². The first-order chi connectivity index (χ1) is 17.5. The first-order valence-corrected chi connectivity index (χ1v) is 13.9. The van der Waals surface area contributed by atoms with Gasteiger partial charge in [0.15, 0.2) is 5.03 Å². The molecule has 3 aromatic rings. The zero-order valence-corrected chi connectivity index (χ0v) is 22.8. The Bertz CT molecular complexity index is 1400. The standard InChI is InChI=1S/C27H33N5O4S/c1-16(2)36-24-13-10-21(15-28-24)23-12-11-22(26(30-23)32-18(4)8-9-19(32)5)27(33)31-37(34,35)25-14-7-17(3)20(6)29-25/h7,10-16,18-19H,8-9H2,1-6H3,(H,31,33)/t18-,19+. The Morgan fingerprint density at radius 3 is 2.32 bits per heavy atom. The van der Waals surface area contributed by atoms with E-state index in [9.17, 15) is 13.2 Å². The first kappa shape index (κ1) is 26.5. The summed E-state index contributed by atoms with van der Waals surface area (Å²) in [5.74, 6) is 0.208. The molecule has 0 bridgehead atoms. The Morgan fingerprint density at radius 2 is 1.73 bits per heavy atom. The molecular formula is C27H33N5O4S. The second-order valence-electron chi connectivity index (χ2n) is 9.79. The summed E-state index contributed by atoms with van der Waals surface area (Å²) in [6.45, 7) is 11.6. The van der Waals surface area contributed by atoms with Gasteiger partial charge in [-0.25, -0.2) is 19.7 Å². The molecule has 1 fully saturated rings. The fraction of sp³-hybridized carbons (Fsp3) is 0.407. The number of aromatic nitrogens is 3. The maximum Gasteiger partial charge on any atom is 0.281 e. The topological polar surface area (TPSA) is 114 Å². The van der Waals surface area contributed by atoms with Crippen molar-refractivity contribution in [1.82, 2.24) is 19.7 Å². The maximum absolute atomic E-state index is 13.4. The minimum absolute atomic E-state index is 0.00863. The molecule has 0 saturated carbocycles. The van der Waals surface area contributed by atoms with E-state index < -0.39 is 15.9 Å². The molecule has 1 saturated heterocycles. The van der Waals surface area contributed by atoms with E-state index in [1.54, 1.807) is 37.4 Å². The van der Waals surface area contributed by atoms with Gasteiger partial charge in [-0.15, -0.1) is 0 Å². The van der Waals surface area contributed by atoms with E-state index in [0.29, 0.717) is 23.1 Å². The third-order valence-electron chi connectivity index (χ3n) is 6.53. The molecule has 1 N–H and O–H groups in total. The van der Waals surface area contributed by atoms with Crippen LogP contribution in [0.2, 0.25) is 0 Å². The van der Waals surface area contributed by atoms with Gasteiger partial charge in [0, 0.05) is 35.6 Å². The molecule has 4 rings (SSSR count). The van der Waals surface area contributed by atoms with Gasteiger partial charge in [-0.05, 0) is 84.2 Å². The highest BCUT2D eigenvalue weighted by Gasteiger charge is 2.33. The van der Waals surface area contributed by atoms with E-state index in [0.717, 1.165) is 24.0 Å². The van der Waals surface area contributed by atoms with E-state index in [1.807, 2.05) is 26.8 Å². The molecule has 0 aromatic carbocycles. The van der Waals surface area contributed by atoms with E-state index in [4.69, 9.17) is 9.72 Å². The molecule has 1 aliphatic heterocycles. The Kier molecular flexibility index (Phi) is 7.49. The molecule has 9 nitrogen and oxygen atoms in total. The molecule has 1 aliphatic rings. The van der Waals surface area contributed by atoms with Crippen LogP contribution in [0.25, 0.3) is 11.3 Å². The molecule has 0 aliphatic carbocycles. The SMILES string of the molecule is Cc1ccc(S(=O)(=O)NC(=O)c2ccc(-c3ccc(OC(C)C)nc3)nc2N2[C@H](C)CC[C@@H]2C)nc1C. The summed E-state index contributed by atoms with van der Waals surface area (Å²) in [4.78, 5) is 28.8. The van der Waals surface area contributed by atoms with E-state index >= 15 is 0 Å². The van der Waals surface area contributed by atoms with Gasteiger partial charge in [0.1, 0.15) is 5.82 Å². The van der Waals surface area contributed by atoms with Crippen LogP contribution in [0.3, 0.4) is 0 Å². The van der Waals surface area contributed by atoms with Crippen LogP contribution < -0.4 is 14.4 Å². The number of amides is 1. The molecule has 196 valence electrons. The lowest BCUT2D eigenvalue weighted by molar-refractivity contribution is 0.0981. The lowest BCUT2D eigenvalue weighted by Gasteiger charge is -2.29. The minimum atomic E-state index is -4.17. The van der Waals surface area contributed by atoms with Gasteiger partial charge in [-0.1, -0.05) is 6.07 Å². The number of carbonyl (C=O) groups excluding carboxylic acids is 1. The second kappa shape index (κ2) is 10.5. The summed E-state index contributed by atoms with van der Waals surface area (Å²) in [5.41, 5.74) is 3.02. The molecule has 3 aromatic heterocycles. The van der Waals surface area contributed by atoms with Gasteiger partial charge >= 0.3 is 0 Å². The molecule has 2 atom stereocenters. The van der Waals surface area contributed by atoms with Gasteiger partial charge in [0.2, 0.25) is 5.88 Å². The number of ether oxygens (including phenoxy) is 1. The number of hydrogen-bond acceptors (Lipinski definition) is 8. The number of carbonyl (C=O) groups is 1. The predicted octanol–water partition coefficient (Wildman–Crippen LogP) is 4.44. The summed E-state index contributed by atoms with van der Waals surface area (Å²) < 4.78 is 33.8. The van der Waals surface area contributed by atoms with Crippen LogP contribution in [0, 0.1) is 13.8 Å². The first-order valence-electron chi connectivity index (χ1n) is 12.4. The van der Waals surface area contributed by atoms with E-state index in [1.165, 1.54) is 6.07 Å². The Hall–Kier alpha value is -3.53. The minimum Gasteiger partial charge on any atom is -0.475 e. The van der Waals surface area contributed by atoms with Crippen LogP contribution in [0.15, 0.2) is 47.6 Å². The molecule has 0 spiro atoms. The lowest BCUT2D eigenvalue weighted by Crippen LogP contribution is -2.37. The highest BCUT2D eigenvalue weighted by Crippen LogP contribution is 2.33. The predicted molar refractivity (Wildman–Crippen MR) is 142 cm³/mol. The number of sulfonamides is 1. The van der Waals surface area contributed by atoms with Crippen LogP contribution in [0.4, 0.5) is 5.82 Å². The summed E-state index contributed by atoms with van der Waals surface area (Å²) in [5, 5.41) is -0.201. The number of pyridine rings is 3. The fourth-order valence-electron chi connectivity index (χ4n) is 4.43. The van der Waals surface area contributed by atoms with Crippen molar-refractivity contribution in [1.29, 1.82) is 0 Å². The molecule has 10 heteroatoms. The van der Waals surface area contributed by atoms with Gasteiger partial charge < -0.3 is 9.64 Å². The summed E-state index contributed by atoms with van der Waals surface area (Å²) >= 11 is 0. The number of rotatable bonds is 7. The molecule has 1 amide bonds. The van der Waals surface area contributed by atoms with Crippen LogP contribution in [-0.4, -0.2) is 47.5 Å². The van der Waals surface area contributed by atoms with Crippen molar-refractivity contribution in [2.24, 2.45) is 0 Å². The number of aryl methyl sites for hydroxylation is 2. The molecule has 0 radical (unpaired) electrons. The van der Waals surface area contributed by atoms with Crippen LogP contribution in [-0.2, 0) is 10.0 Å². The zero-order chi connectivity index (χ0) is 26.9. The molecule has 4 heterocycles. The van der Waals surface area contributed by atoms with Gasteiger partial charge in [0.05, 0.1) is 17.4 Å². The van der Waals surface area contributed by atoms with Gasteiger partial charge in [-0.3, -0.25) is 4.79 Å². The van der Waals surface area contributed by atoms with Gasteiger partial charge in [0.25, 0.3) is 15.9 Å². The van der Waals surface area contributed by atoms with Crippen molar-refractivity contribution >= 4 is 21.7 Å². The number of nitrogens with one attached hydrogen (secondary N) is 1. The fourth-order valence-corrected chi connectivity index (χ4v) is 5.39. The smallest absolute Gasteiger partial charge is 0.281 e. The number of anilines is 1. The van der Waals surface area contributed by atoms with E-state index in [2.05, 4.69) is 33.4 Å². The van der Waals surface area contributed by atoms with Crippen molar-refractivity contribution in [3.05, 3.63) is 59.4 Å². The number of nitrogens with zero attached hydrogens (tertiary/aromatic N) is 4. The highest BCUT2D eigenvalue weighted by atomic mass is 32.2. The summed E-state index contributed by atoms with van der Waals surface area (Å²) in [6.07, 6.45) is 3.58. The quantitative estimate of drug-likeness (QED) is 0.483.